The van der Waals surface area contributed by atoms with Crippen molar-refractivity contribution in [2.45, 2.75) is 71.6 Å². The number of alkyl carbamates (subject to hydrolysis) is 2. The summed E-state index contributed by atoms with van der Waals surface area (Å²) < 4.78 is 10.1. The molecule has 2 amide bonds. The van der Waals surface area contributed by atoms with E-state index in [0.29, 0.717) is 6.42 Å². The topological polar surface area (TPSA) is 114 Å². The van der Waals surface area contributed by atoms with E-state index in [9.17, 15) is 14.4 Å². The second kappa shape index (κ2) is 8.59. The molecule has 3 N–H and O–H groups in total. The Hall–Kier alpha value is -1.99. The molecule has 0 aliphatic heterocycles. The highest BCUT2D eigenvalue weighted by molar-refractivity contribution is 5.80. The van der Waals surface area contributed by atoms with Crippen LogP contribution in [0.4, 0.5) is 9.59 Å². The Balaban J connectivity index is 4.19. The van der Waals surface area contributed by atoms with Crippen molar-refractivity contribution < 1.29 is 29.0 Å². The summed E-state index contributed by atoms with van der Waals surface area (Å²) in [6.07, 6.45) is -0.828. The quantitative estimate of drug-likeness (QED) is 0.643. The molecular formula is C15H28N2O6. The number of carbonyl (C=O) groups is 3. The van der Waals surface area contributed by atoms with Gasteiger partial charge in [-0.3, -0.25) is 0 Å². The van der Waals surface area contributed by atoms with Crippen molar-refractivity contribution in [3.8, 4) is 0 Å². The third kappa shape index (κ3) is 12.3. The summed E-state index contributed by atoms with van der Waals surface area (Å²) in [4.78, 5) is 34.2. The fourth-order valence-electron chi connectivity index (χ4n) is 1.52. The van der Waals surface area contributed by atoms with Gasteiger partial charge < -0.3 is 25.2 Å². The molecule has 134 valence electrons. The van der Waals surface area contributed by atoms with E-state index in [0.717, 1.165) is 0 Å². The van der Waals surface area contributed by atoms with Crippen molar-refractivity contribution >= 4 is 18.2 Å². The molecule has 0 rings (SSSR count). The number of nitrogens with one attached hydrogen (secondary N) is 2. The van der Waals surface area contributed by atoms with Crippen LogP contribution in [0.1, 0.15) is 54.4 Å². The molecule has 1 atom stereocenters. The van der Waals surface area contributed by atoms with Crippen LogP contribution in [0.5, 0.6) is 0 Å². The Morgan fingerprint density at radius 2 is 1.43 bits per heavy atom. The van der Waals surface area contributed by atoms with Crippen LogP contribution in [0.15, 0.2) is 0 Å². The lowest BCUT2D eigenvalue weighted by molar-refractivity contribution is -0.139. The highest BCUT2D eigenvalue weighted by Crippen LogP contribution is 2.08. The Bertz CT molecular complexity index is 423. The molecule has 0 aromatic heterocycles. The maximum atomic E-state index is 11.6. The summed E-state index contributed by atoms with van der Waals surface area (Å²) >= 11 is 0. The molecule has 0 bridgehead atoms. The summed E-state index contributed by atoms with van der Waals surface area (Å²) in [5.41, 5.74) is -1.29. The molecule has 8 heteroatoms. The maximum absolute atomic E-state index is 11.6. The van der Waals surface area contributed by atoms with Gasteiger partial charge in [0.15, 0.2) is 0 Å². The number of carbonyl (C=O) groups excluding carboxylic acids is 2. The van der Waals surface area contributed by atoms with Crippen molar-refractivity contribution in [2.24, 2.45) is 0 Å². The smallest absolute Gasteiger partial charge is 0.408 e. The lowest BCUT2D eigenvalue weighted by Gasteiger charge is -2.22. The molecular weight excluding hydrogens is 304 g/mol. The van der Waals surface area contributed by atoms with Gasteiger partial charge in [0.05, 0.1) is 0 Å². The van der Waals surface area contributed by atoms with E-state index in [4.69, 9.17) is 14.6 Å². The van der Waals surface area contributed by atoms with Crippen LogP contribution < -0.4 is 10.6 Å². The molecule has 0 aliphatic rings. The number of amides is 2. The van der Waals surface area contributed by atoms with Gasteiger partial charge >= 0.3 is 18.2 Å². The highest BCUT2D eigenvalue weighted by atomic mass is 16.6. The summed E-state index contributed by atoms with van der Waals surface area (Å²) in [5.74, 6) is -1.16. The van der Waals surface area contributed by atoms with Gasteiger partial charge in [0.25, 0.3) is 0 Å². The molecule has 0 fully saturated rings. The van der Waals surface area contributed by atoms with E-state index < -0.39 is 35.4 Å². The van der Waals surface area contributed by atoms with E-state index in [2.05, 4.69) is 10.6 Å². The summed E-state index contributed by atoms with van der Waals surface area (Å²) in [6.45, 7) is 10.6. The molecule has 0 saturated carbocycles. The zero-order chi connectivity index (χ0) is 18.3. The van der Waals surface area contributed by atoms with Crippen LogP contribution in [0.25, 0.3) is 0 Å². The summed E-state index contributed by atoms with van der Waals surface area (Å²) in [6, 6.07) is -1.08. The van der Waals surface area contributed by atoms with E-state index in [1.54, 1.807) is 41.5 Å². The molecule has 0 aromatic carbocycles. The van der Waals surface area contributed by atoms with Gasteiger partial charge in [-0.05, 0) is 54.4 Å². The molecule has 0 aliphatic carbocycles. The molecule has 0 aromatic rings. The number of aliphatic carboxylic acids is 1. The lowest BCUT2D eigenvalue weighted by atomic mass is 10.1. The van der Waals surface area contributed by atoms with Crippen LogP contribution in [-0.4, -0.2) is 47.1 Å². The van der Waals surface area contributed by atoms with Crippen molar-refractivity contribution in [1.29, 1.82) is 0 Å². The molecule has 0 radical (unpaired) electrons. The Morgan fingerprint density at radius 1 is 0.957 bits per heavy atom. The third-order valence-electron chi connectivity index (χ3n) is 2.33. The first kappa shape index (κ1) is 21.0. The first-order valence-electron chi connectivity index (χ1n) is 7.49. The van der Waals surface area contributed by atoms with Crippen LogP contribution in [-0.2, 0) is 14.3 Å². The fraction of sp³-hybridized carbons (Fsp3) is 0.800. The lowest BCUT2D eigenvalue weighted by Crippen LogP contribution is -2.43. The summed E-state index contributed by atoms with van der Waals surface area (Å²) in [5, 5.41) is 13.9. The third-order valence-corrected chi connectivity index (χ3v) is 2.33. The molecule has 8 nitrogen and oxygen atoms in total. The largest absolute Gasteiger partial charge is 0.480 e. The van der Waals surface area contributed by atoms with E-state index in [1.165, 1.54) is 0 Å². The minimum atomic E-state index is -1.16. The Morgan fingerprint density at radius 3 is 1.87 bits per heavy atom. The van der Waals surface area contributed by atoms with Crippen LogP contribution in [0.3, 0.4) is 0 Å². The normalized spacial score (nSPS) is 13.0. The number of hydrogen-bond donors (Lipinski definition) is 3. The van der Waals surface area contributed by atoms with Crippen molar-refractivity contribution in [1.82, 2.24) is 10.6 Å². The number of carboxylic acids is 1. The van der Waals surface area contributed by atoms with Gasteiger partial charge in [0, 0.05) is 6.54 Å². The van der Waals surface area contributed by atoms with Gasteiger partial charge in [0.1, 0.15) is 17.2 Å². The van der Waals surface area contributed by atoms with Gasteiger partial charge in [-0.1, -0.05) is 0 Å². The SMILES string of the molecule is CC(C)(C)OC(=O)NCCCC(NC(=O)OC(C)(C)C)C(=O)O. The molecule has 0 saturated heterocycles. The van der Waals surface area contributed by atoms with Crippen LogP contribution in [0.2, 0.25) is 0 Å². The molecule has 0 heterocycles. The molecule has 23 heavy (non-hydrogen) atoms. The Kier molecular flexibility index (Phi) is 7.85. The first-order chi connectivity index (χ1) is 10.3. The predicted octanol–water partition coefficient (Wildman–Crippen LogP) is 2.27. The summed E-state index contributed by atoms with van der Waals surface area (Å²) in [7, 11) is 0. The van der Waals surface area contributed by atoms with Gasteiger partial charge in [-0.2, -0.15) is 0 Å². The predicted molar refractivity (Wildman–Crippen MR) is 84.3 cm³/mol. The monoisotopic (exact) mass is 332 g/mol. The second-order valence-electron chi connectivity index (χ2n) is 7.11. The van der Waals surface area contributed by atoms with Crippen molar-refractivity contribution in [2.75, 3.05) is 6.54 Å². The van der Waals surface area contributed by atoms with Crippen molar-refractivity contribution in [3.63, 3.8) is 0 Å². The number of ether oxygens (including phenoxy) is 2. The van der Waals surface area contributed by atoms with Gasteiger partial charge in [-0.25, -0.2) is 14.4 Å². The van der Waals surface area contributed by atoms with Crippen molar-refractivity contribution in [3.05, 3.63) is 0 Å². The average molecular weight is 332 g/mol. The second-order valence-corrected chi connectivity index (χ2v) is 7.11. The van der Waals surface area contributed by atoms with Gasteiger partial charge in [-0.15, -0.1) is 0 Å². The maximum Gasteiger partial charge on any atom is 0.408 e. The minimum absolute atomic E-state index is 0.157. The standard InChI is InChI=1S/C15H28N2O6/c1-14(2,3)22-12(20)16-9-7-8-10(11(18)19)17-13(21)23-15(4,5)6/h10H,7-9H2,1-6H3,(H,16,20)(H,17,21)(H,18,19). The minimum Gasteiger partial charge on any atom is -0.480 e. The number of carboxylic acid groups (broad SMARTS) is 1. The number of hydrogen-bond acceptors (Lipinski definition) is 5. The Labute approximate surface area is 136 Å². The molecule has 0 spiro atoms. The highest BCUT2D eigenvalue weighted by Gasteiger charge is 2.23. The zero-order valence-electron chi connectivity index (χ0n) is 14.7. The number of rotatable bonds is 6. The van der Waals surface area contributed by atoms with Crippen LogP contribution in [0, 0.1) is 0 Å². The van der Waals surface area contributed by atoms with E-state index in [-0.39, 0.29) is 13.0 Å². The first-order valence-corrected chi connectivity index (χ1v) is 7.49. The van der Waals surface area contributed by atoms with Crippen LogP contribution >= 0.6 is 0 Å². The average Bonchev–Trinajstić information content (AvgIpc) is 2.27. The fourth-order valence-corrected chi connectivity index (χ4v) is 1.52. The molecule has 1 unspecified atom stereocenters. The van der Waals surface area contributed by atoms with E-state index in [1.807, 2.05) is 0 Å². The zero-order valence-corrected chi connectivity index (χ0v) is 14.7. The van der Waals surface area contributed by atoms with E-state index >= 15 is 0 Å². The van der Waals surface area contributed by atoms with Gasteiger partial charge in [0.2, 0.25) is 0 Å².